The third kappa shape index (κ3) is 1.91. The zero-order chi connectivity index (χ0) is 10.9. The van der Waals surface area contributed by atoms with E-state index in [0.29, 0.717) is 0 Å². The molecule has 2 atom stereocenters. The number of rotatable bonds is 2. The lowest BCUT2D eigenvalue weighted by molar-refractivity contribution is -0.120. The highest BCUT2D eigenvalue weighted by atomic mass is 16.5. The van der Waals surface area contributed by atoms with Crippen LogP contribution in [0.4, 0.5) is 0 Å². The molecule has 84 valence electrons. The highest BCUT2D eigenvalue weighted by Gasteiger charge is 2.39. The third-order valence-corrected chi connectivity index (χ3v) is 3.19. The highest BCUT2D eigenvalue weighted by Crippen LogP contribution is 2.27. The summed E-state index contributed by atoms with van der Waals surface area (Å²) < 4.78 is 5.75. The second-order valence-corrected chi connectivity index (χ2v) is 4.43. The van der Waals surface area contributed by atoms with E-state index in [1.807, 2.05) is 13.8 Å². The van der Waals surface area contributed by atoms with E-state index in [1.165, 1.54) is 0 Å². The van der Waals surface area contributed by atoms with Crippen LogP contribution in [0.1, 0.15) is 39.5 Å². The molecule has 2 aliphatic rings. The Labute approximate surface area is 90.1 Å². The quantitative estimate of drug-likeness (QED) is 0.745. The zero-order valence-electron chi connectivity index (χ0n) is 9.38. The molecule has 2 aliphatic heterocycles. The second-order valence-electron chi connectivity index (χ2n) is 4.43. The summed E-state index contributed by atoms with van der Waals surface area (Å²) in [7, 11) is 0. The molecule has 1 N–H and O–H groups in total. The molecule has 2 heterocycles. The topological polar surface area (TPSA) is 50.7 Å². The summed E-state index contributed by atoms with van der Waals surface area (Å²) in [5.74, 6) is 0.752. The molecule has 0 aromatic rings. The normalized spacial score (nSPS) is 36.3. The summed E-state index contributed by atoms with van der Waals surface area (Å²) in [5.41, 5.74) is -0.363. The smallest absolute Gasteiger partial charge is 0.250 e. The van der Waals surface area contributed by atoms with Crippen LogP contribution in [0, 0.1) is 0 Å². The second kappa shape index (κ2) is 3.93. The summed E-state index contributed by atoms with van der Waals surface area (Å²) in [6.45, 7) is 4.76. The average Bonchev–Trinajstić information content (AvgIpc) is 2.61. The van der Waals surface area contributed by atoms with Crippen molar-refractivity contribution in [2.24, 2.45) is 4.99 Å². The summed E-state index contributed by atoms with van der Waals surface area (Å²) in [5, 5.41) is 2.85. The number of nitrogens with zero attached hydrogens (tertiary/aromatic N) is 1. The number of amidine groups is 1. The lowest BCUT2D eigenvalue weighted by atomic mass is 9.95. The van der Waals surface area contributed by atoms with E-state index in [2.05, 4.69) is 10.3 Å². The van der Waals surface area contributed by atoms with Crippen LogP contribution in [0.2, 0.25) is 0 Å². The Morgan fingerprint density at radius 3 is 2.93 bits per heavy atom. The van der Waals surface area contributed by atoms with Crippen molar-refractivity contribution in [3.05, 3.63) is 0 Å². The van der Waals surface area contributed by atoms with Crippen LogP contribution in [-0.4, -0.2) is 30.0 Å². The third-order valence-electron chi connectivity index (χ3n) is 3.19. The number of nitrogens with one attached hydrogen (secondary N) is 1. The predicted molar refractivity (Wildman–Crippen MR) is 57.9 cm³/mol. The highest BCUT2D eigenvalue weighted by molar-refractivity contribution is 6.09. The summed E-state index contributed by atoms with van der Waals surface area (Å²) in [6, 6.07) is -0.206. The van der Waals surface area contributed by atoms with Crippen LogP contribution < -0.4 is 5.32 Å². The number of carbonyl (C=O) groups is 1. The maximum absolute atomic E-state index is 11.5. The minimum Gasteiger partial charge on any atom is -0.367 e. The van der Waals surface area contributed by atoms with Crippen molar-refractivity contribution in [2.45, 2.75) is 51.2 Å². The van der Waals surface area contributed by atoms with E-state index in [9.17, 15) is 4.79 Å². The van der Waals surface area contributed by atoms with Crippen molar-refractivity contribution < 1.29 is 9.53 Å². The van der Waals surface area contributed by atoms with Gasteiger partial charge >= 0.3 is 0 Å². The molecule has 15 heavy (non-hydrogen) atoms. The molecule has 0 radical (unpaired) electrons. The van der Waals surface area contributed by atoms with Gasteiger partial charge in [-0.3, -0.25) is 9.79 Å². The molecule has 4 nitrogen and oxygen atoms in total. The molecule has 1 amide bonds. The van der Waals surface area contributed by atoms with Crippen molar-refractivity contribution >= 4 is 11.7 Å². The van der Waals surface area contributed by atoms with Gasteiger partial charge in [-0.05, 0) is 32.6 Å². The first-order valence-corrected chi connectivity index (χ1v) is 5.69. The number of carbonyl (C=O) groups excluding carboxylic acids is 1. The number of aliphatic imine (C=N–C) groups is 1. The van der Waals surface area contributed by atoms with Crippen LogP contribution in [0.15, 0.2) is 4.99 Å². The molecule has 0 bridgehead atoms. The standard InChI is InChI=1S/C11H18N2O2/c1-3-8-9(14)13-10(12-8)11(2)6-4-5-7-15-11/h8H,3-7H2,1-2H3,(H,12,13,14). The predicted octanol–water partition coefficient (Wildman–Crippen LogP) is 1.25. The first-order valence-electron chi connectivity index (χ1n) is 5.69. The van der Waals surface area contributed by atoms with Crippen LogP contribution >= 0.6 is 0 Å². The van der Waals surface area contributed by atoms with Gasteiger partial charge in [0.1, 0.15) is 17.5 Å². The largest absolute Gasteiger partial charge is 0.367 e. The molecule has 0 spiro atoms. The van der Waals surface area contributed by atoms with Crippen LogP contribution in [0.25, 0.3) is 0 Å². The number of amides is 1. The molecular weight excluding hydrogens is 192 g/mol. The lowest BCUT2D eigenvalue weighted by Crippen LogP contribution is -2.47. The van der Waals surface area contributed by atoms with Gasteiger partial charge in [0.2, 0.25) is 5.91 Å². The molecule has 0 saturated carbocycles. The first-order chi connectivity index (χ1) is 7.15. The number of hydrogen-bond acceptors (Lipinski definition) is 3. The molecule has 0 aromatic heterocycles. The average molecular weight is 210 g/mol. The van der Waals surface area contributed by atoms with E-state index in [4.69, 9.17) is 4.74 Å². The molecule has 2 rings (SSSR count). The maximum atomic E-state index is 11.5. The maximum Gasteiger partial charge on any atom is 0.250 e. The Morgan fingerprint density at radius 1 is 1.60 bits per heavy atom. The van der Waals surface area contributed by atoms with Gasteiger partial charge in [-0.2, -0.15) is 0 Å². The molecule has 0 aromatic carbocycles. The molecule has 1 fully saturated rings. The van der Waals surface area contributed by atoms with Crippen molar-refractivity contribution in [3.63, 3.8) is 0 Å². The van der Waals surface area contributed by atoms with Gasteiger partial charge < -0.3 is 10.1 Å². The van der Waals surface area contributed by atoms with Crippen molar-refractivity contribution in [2.75, 3.05) is 6.61 Å². The van der Waals surface area contributed by atoms with Gasteiger partial charge in [-0.1, -0.05) is 6.92 Å². The van der Waals surface area contributed by atoms with Gasteiger partial charge in [0.05, 0.1) is 0 Å². The van der Waals surface area contributed by atoms with E-state index < -0.39 is 0 Å². The SMILES string of the molecule is CCC1N=C(C2(C)CCCCO2)NC1=O. The number of ether oxygens (including phenoxy) is 1. The van der Waals surface area contributed by atoms with Crippen molar-refractivity contribution in [1.29, 1.82) is 0 Å². The van der Waals surface area contributed by atoms with Gasteiger partial charge in [-0.25, -0.2) is 0 Å². The Balaban J connectivity index is 2.13. The van der Waals surface area contributed by atoms with E-state index in [1.54, 1.807) is 0 Å². The monoisotopic (exact) mass is 210 g/mol. The lowest BCUT2D eigenvalue weighted by Gasteiger charge is -2.33. The van der Waals surface area contributed by atoms with Crippen molar-refractivity contribution in [1.82, 2.24) is 5.32 Å². The fourth-order valence-electron chi connectivity index (χ4n) is 2.11. The van der Waals surface area contributed by atoms with Gasteiger partial charge in [-0.15, -0.1) is 0 Å². The zero-order valence-corrected chi connectivity index (χ0v) is 9.38. The van der Waals surface area contributed by atoms with Gasteiger partial charge in [0.25, 0.3) is 0 Å². The van der Waals surface area contributed by atoms with E-state index in [-0.39, 0.29) is 17.6 Å². The number of hydrogen-bond donors (Lipinski definition) is 1. The summed E-state index contributed by atoms with van der Waals surface area (Å²) >= 11 is 0. The molecule has 1 saturated heterocycles. The van der Waals surface area contributed by atoms with E-state index in [0.717, 1.165) is 38.1 Å². The van der Waals surface area contributed by atoms with Gasteiger partial charge in [0, 0.05) is 6.61 Å². The molecule has 4 heteroatoms. The van der Waals surface area contributed by atoms with E-state index >= 15 is 0 Å². The minimum atomic E-state index is -0.363. The van der Waals surface area contributed by atoms with Crippen LogP contribution in [-0.2, 0) is 9.53 Å². The molecular formula is C11H18N2O2. The van der Waals surface area contributed by atoms with Gasteiger partial charge in [0.15, 0.2) is 0 Å². The minimum absolute atomic E-state index is 0.0166. The summed E-state index contributed by atoms with van der Waals surface area (Å²) in [4.78, 5) is 15.9. The Bertz CT molecular complexity index is 293. The Hall–Kier alpha value is -0.900. The molecule has 0 aliphatic carbocycles. The van der Waals surface area contributed by atoms with Crippen molar-refractivity contribution in [3.8, 4) is 0 Å². The molecule has 2 unspecified atom stereocenters. The van der Waals surface area contributed by atoms with Crippen LogP contribution in [0.5, 0.6) is 0 Å². The summed E-state index contributed by atoms with van der Waals surface area (Å²) in [6.07, 6.45) is 3.95. The fraction of sp³-hybridized carbons (Fsp3) is 0.818. The fourth-order valence-corrected chi connectivity index (χ4v) is 2.11. The van der Waals surface area contributed by atoms with Crippen LogP contribution in [0.3, 0.4) is 0 Å². The Kier molecular flexibility index (Phi) is 2.78. The Morgan fingerprint density at radius 2 is 2.40 bits per heavy atom. The first kappa shape index (κ1) is 10.6.